The molecule has 1 atom stereocenters. The summed E-state index contributed by atoms with van der Waals surface area (Å²) in [4.78, 5) is 23.4. The molecule has 7 nitrogen and oxygen atoms in total. The predicted octanol–water partition coefficient (Wildman–Crippen LogP) is 4.57. The molecule has 4 rings (SSSR count). The molecular formula is C22H26ClN5O2. The molecule has 1 N–H and O–H groups in total. The van der Waals surface area contributed by atoms with Crippen molar-refractivity contribution in [1.82, 2.24) is 19.9 Å². The van der Waals surface area contributed by atoms with Crippen LogP contribution in [-0.4, -0.2) is 45.4 Å². The van der Waals surface area contributed by atoms with E-state index in [1.54, 1.807) is 12.5 Å². The first-order valence-corrected chi connectivity index (χ1v) is 10.5. The first kappa shape index (κ1) is 20.5. The maximum atomic E-state index is 12.2. The third kappa shape index (κ3) is 4.67. The molecule has 1 aromatic carbocycles. The molecule has 1 aliphatic rings. The molecule has 1 unspecified atom stereocenters. The molecule has 0 bridgehead atoms. The molecular weight excluding hydrogens is 402 g/mol. The molecule has 1 fully saturated rings. The van der Waals surface area contributed by atoms with Crippen molar-refractivity contribution >= 4 is 34.4 Å². The van der Waals surface area contributed by atoms with Crippen molar-refractivity contribution in [2.75, 3.05) is 18.0 Å². The average molecular weight is 428 g/mol. The van der Waals surface area contributed by atoms with Crippen LogP contribution in [0.5, 0.6) is 0 Å². The normalized spacial score (nSPS) is 17.2. The van der Waals surface area contributed by atoms with Gasteiger partial charge < -0.3 is 19.5 Å². The first-order valence-electron chi connectivity index (χ1n) is 10.1. The Hall–Kier alpha value is -2.80. The van der Waals surface area contributed by atoms with Crippen LogP contribution in [-0.2, 0) is 4.74 Å². The summed E-state index contributed by atoms with van der Waals surface area (Å²) in [6.45, 7) is 7.13. The number of hydrogen-bond acceptors (Lipinski definition) is 5. The number of imidazole rings is 1. The van der Waals surface area contributed by atoms with E-state index in [0.717, 1.165) is 41.8 Å². The molecule has 8 heteroatoms. The van der Waals surface area contributed by atoms with E-state index in [0.29, 0.717) is 11.6 Å². The van der Waals surface area contributed by atoms with E-state index < -0.39 is 5.60 Å². The average Bonchev–Trinajstić information content (AvgIpc) is 3.20. The van der Waals surface area contributed by atoms with Gasteiger partial charge in [-0.05, 0) is 51.8 Å². The van der Waals surface area contributed by atoms with E-state index in [9.17, 15) is 4.79 Å². The van der Waals surface area contributed by atoms with Crippen LogP contribution in [0.1, 0.15) is 33.6 Å². The lowest BCUT2D eigenvalue weighted by Crippen LogP contribution is -2.49. The minimum absolute atomic E-state index is 0.00199. The maximum absolute atomic E-state index is 12.2. The summed E-state index contributed by atoms with van der Waals surface area (Å²) in [6.07, 6.45) is 6.92. The van der Waals surface area contributed by atoms with Crippen molar-refractivity contribution in [1.29, 1.82) is 0 Å². The Kier molecular flexibility index (Phi) is 5.56. The molecule has 0 saturated carbocycles. The second-order valence-corrected chi connectivity index (χ2v) is 9.00. The Morgan fingerprint density at radius 1 is 1.30 bits per heavy atom. The molecule has 1 saturated heterocycles. The third-order valence-electron chi connectivity index (χ3n) is 4.99. The van der Waals surface area contributed by atoms with Crippen molar-refractivity contribution in [3.05, 3.63) is 48.0 Å². The van der Waals surface area contributed by atoms with Crippen molar-refractivity contribution < 1.29 is 9.53 Å². The van der Waals surface area contributed by atoms with Gasteiger partial charge in [-0.3, -0.25) is 0 Å². The molecule has 158 valence electrons. The number of fused-ring (bicyclic) bond motifs is 1. The van der Waals surface area contributed by atoms with E-state index in [1.165, 1.54) is 0 Å². The minimum atomic E-state index is -0.517. The van der Waals surface area contributed by atoms with Gasteiger partial charge in [0.2, 0.25) is 0 Å². The monoisotopic (exact) mass is 427 g/mol. The fourth-order valence-electron chi connectivity index (χ4n) is 3.72. The summed E-state index contributed by atoms with van der Waals surface area (Å²) in [6, 6.07) is 7.79. The number of aromatic nitrogens is 3. The van der Waals surface area contributed by atoms with Gasteiger partial charge in [-0.1, -0.05) is 11.6 Å². The summed E-state index contributed by atoms with van der Waals surface area (Å²) < 4.78 is 7.39. The summed E-state index contributed by atoms with van der Waals surface area (Å²) in [7, 11) is 0. The number of nitrogens with one attached hydrogen (secondary N) is 1. The number of ether oxygens (including phenoxy) is 1. The summed E-state index contributed by atoms with van der Waals surface area (Å²) in [5, 5.41) is 4.64. The zero-order chi connectivity index (χ0) is 21.3. The highest BCUT2D eigenvalue weighted by Crippen LogP contribution is 2.29. The second kappa shape index (κ2) is 8.14. The van der Waals surface area contributed by atoms with Crippen LogP contribution in [0.3, 0.4) is 0 Å². The molecule has 1 aliphatic heterocycles. The Labute approximate surface area is 181 Å². The van der Waals surface area contributed by atoms with Gasteiger partial charge in [0.15, 0.2) is 0 Å². The molecule has 0 radical (unpaired) electrons. The number of rotatable bonds is 3. The van der Waals surface area contributed by atoms with Crippen LogP contribution in [0.25, 0.3) is 16.6 Å². The maximum Gasteiger partial charge on any atom is 0.407 e. The van der Waals surface area contributed by atoms with Gasteiger partial charge in [0, 0.05) is 48.0 Å². The Morgan fingerprint density at radius 2 is 2.13 bits per heavy atom. The number of halogens is 1. The molecule has 3 aromatic rings. The van der Waals surface area contributed by atoms with Crippen molar-refractivity contribution in [3.8, 4) is 5.69 Å². The number of amides is 1. The number of anilines is 1. The number of piperidine rings is 1. The molecule has 0 spiro atoms. The summed E-state index contributed by atoms with van der Waals surface area (Å²) >= 11 is 6.23. The lowest BCUT2D eigenvalue weighted by Gasteiger charge is -2.34. The molecule has 30 heavy (non-hydrogen) atoms. The lowest BCUT2D eigenvalue weighted by atomic mass is 10.1. The van der Waals surface area contributed by atoms with Crippen LogP contribution in [0.2, 0.25) is 5.02 Å². The van der Waals surface area contributed by atoms with Crippen LogP contribution >= 0.6 is 11.6 Å². The van der Waals surface area contributed by atoms with Crippen LogP contribution in [0.15, 0.2) is 43.0 Å². The van der Waals surface area contributed by atoms with Crippen molar-refractivity contribution in [2.45, 2.75) is 45.3 Å². The summed E-state index contributed by atoms with van der Waals surface area (Å²) in [5.74, 6) is 0.851. The SMILES string of the molecule is CC(C)(C)OC(=O)NC1CCCN(c2cc(-n3ccnc3)c3ccc(Cl)cc3n2)C1. The largest absolute Gasteiger partial charge is 0.444 e. The fourth-order valence-corrected chi connectivity index (χ4v) is 3.89. The van der Waals surface area contributed by atoms with Crippen molar-refractivity contribution in [2.24, 2.45) is 0 Å². The van der Waals surface area contributed by atoms with Gasteiger partial charge in [-0.15, -0.1) is 0 Å². The van der Waals surface area contributed by atoms with E-state index in [-0.39, 0.29) is 12.1 Å². The Morgan fingerprint density at radius 3 is 2.87 bits per heavy atom. The smallest absolute Gasteiger partial charge is 0.407 e. The zero-order valence-electron chi connectivity index (χ0n) is 17.4. The number of nitrogens with zero attached hydrogens (tertiary/aromatic N) is 4. The molecule has 1 amide bonds. The Balaban J connectivity index is 1.61. The number of benzene rings is 1. The van der Waals surface area contributed by atoms with Crippen LogP contribution in [0, 0.1) is 0 Å². The molecule has 3 heterocycles. The number of hydrogen-bond donors (Lipinski definition) is 1. The molecule has 0 aliphatic carbocycles. The van der Waals surface area contributed by atoms with Crippen LogP contribution in [0.4, 0.5) is 10.6 Å². The number of carbonyl (C=O) groups is 1. The highest BCUT2D eigenvalue weighted by molar-refractivity contribution is 6.31. The number of pyridine rings is 1. The highest BCUT2D eigenvalue weighted by atomic mass is 35.5. The van der Waals surface area contributed by atoms with E-state index >= 15 is 0 Å². The van der Waals surface area contributed by atoms with Gasteiger partial charge in [0.05, 0.1) is 17.5 Å². The van der Waals surface area contributed by atoms with Crippen LogP contribution < -0.4 is 10.2 Å². The quantitative estimate of drug-likeness (QED) is 0.663. The molecule has 2 aromatic heterocycles. The van der Waals surface area contributed by atoms with E-state index in [4.69, 9.17) is 21.3 Å². The van der Waals surface area contributed by atoms with Gasteiger partial charge in [0.25, 0.3) is 0 Å². The lowest BCUT2D eigenvalue weighted by molar-refractivity contribution is 0.0500. The number of alkyl carbamates (subject to hydrolysis) is 1. The highest BCUT2D eigenvalue weighted by Gasteiger charge is 2.25. The first-order chi connectivity index (χ1) is 14.3. The van der Waals surface area contributed by atoms with Gasteiger partial charge in [-0.2, -0.15) is 0 Å². The van der Waals surface area contributed by atoms with E-state index in [2.05, 4.69) is 21.3 Å². The predicted molar refractivity (Wildman–Crippen MR) is 118 cm³/mol. The minimum Gasteiger partial charge on any atom is -0.444 e. The topological polar surface area (TPSA) is 72.3 Å². The fraction of sp³-hybridized carbons (Fsp3) is 0.409. The Bertz CT molecular complexity index is 1050. The standard InChI is InChI=1S/C22H26ClN5O2/c1-22(2,3)30-21(29)25-16-5-4-9-27(13-16)20-12-19(28-10-8-24-14-28)17-7-6-15(23)11-18(17)26-20/h6-8,10-12,14,16H,4-5,9,13H2,1-3H3,(H,25,29). The van der Waals surface area contributed by atoms with Gasteiger partial charge in [-0.25, -0.2) is 14.8 Å². The van der Waals surface area contributed by atoms with Gasteiger partial charge >= 0.3 is 6.09 Å². The summed E-state index contributed by atoms with van der Waals surface area (Å²) in [5.41, 5.74) is 1.30. The number of carbonyl (C=O) groups excluding carboxylic acids is 1. The van der Waals surface area contributed by atoms with Crippen molar-refractivity contribution in [3.63, 3.8) is 0 Å². The van der Waals surface area contributed by atoms with E-state index in [1.807, 2.05) is 49.7 Å². The second-order valence-electron chi connectivity index (χ2n) is 8.56. The zero-order valence-corrected chi connectivity index (χ0v) is 18.2. The third-order valence-corrected chi connectivity index (χ3v) is 5.22. The van der Waals surface area contributed by atoms with Gasteiger partial charge in [0.1, 0.15) is 11.4 Å².